The van der Waals surface area contributed by atoms with Crippen molar-refractivity contribution in [3.8, 4) is 17.2 Å². The SMILES string of the molecule is COc1ccc(CN(Cc2c(O)ccc3ccc(OC)cc23)C2CC2)cc1. The number of fused-ring (bicyclic) bond motifs is 1. The van der Waals surface area contributed by atoms with Crippen molar-refractivity contribution >= 4 is 10.8 Å². The number of nitrogens with zero attached hydrogens (tertiary/aromatic N) is 1. The van der Waals surface area contributed by atoms with Gasteiger partial charge in [0.15, 0.2) is 0 Å². The Balaban J connectivity index is 1.64. The molecule has 1 fully saturated rings. The Kier molecular flexibility index (Phi) is 4.90. The first kappa shape index (κ1) is 17.7. The van der Waals surface area contributed by atoms with Gasteiger partial charge in [0, 0.05) is 24.7 Å². The van der Waals surface area contributed by atoms with Gasteiger partial charge >= 0.3 is 0 Å². The van der Waals surface area contributed by atoms with Crippen LogP contribution in [0.25, 0.3) is 10.8 Å². The molecule has 4 rings (SSSR count). The van der Waals surface area contributed by atoms with Crippen LogP contribution in [0.4, 0.5) is 0 Å². The molecule has 0 bridgehead atoms. The lowest BCUT2D eigenvalue weighted by molar-refractivity contribution is 0.243. The fourth-order valence-electron chi connectivity index (χ4n) is 3.56. The molecule has 0 aliphatic heterocycles. The molecule has 0 atom stereocenters. The van der Waals surface area contributed by atoms with Gasteiger partial charge in [0.25, 0.3) is 0 Å². The maximum absolute atomic E-state index is 10.6. The van der Waals surface area contributed by atoms with Gasteiger partial charge in [0.1, 0.15) is 17.2 Å². The van der Waals surface area contributed by atoms with Crippen LogP contribution in [0, 0.1) is 0 Å². The van der Waals surface area contributed by atoms with Crippen molar-refractivity contribution in [1.82, 2.24) is 4.90 Å². The first-order valence-corrected chi connectivity index (χ1v) is 9.33. The zero-order chi connectivity index (χ0) is 18.8. The third-order valence-corrected chi connectivity index (χ3v) is 5.28. The summed E-state index contributed by atoms with van der Waals surface area (Å²) >= 11 is 0. The standard InChI is InChI=1S/C23H25NO3/c1-26-19-9-3-16(4-10-19)14-24(18-7-8-18)15-22-21-13-20(27-2)11-5-17(21)6-12-23(22)25/h3-6,9-13,18,25H,7-8,14-15H2,1-2H3. The van der Waals surface area contributed by atoms with Crippen molar-refractivity contribution in [2.75, 3.05) is 14.2 Å². The van der Waals surface area contributed by atoms with Gasteiger partial charge in [-0.15, -0.1) is 0 Å². The van der Waals surface area contributed by atoms with E-state index in [0.29, 0.717) is 18.3 Å². The van der Waals surface area contributed by atoms with Crippen molar-refractivity contribution in [2.24, 2.45) is 0 Å². The third kappa shape index (κ3) is 3.86. The maximum atomic E-state index is 10.6. The number of phenols is 1. The van der Waals surface area contributed by atoms with Gasteiger partial charge in [-0.25, -0.2) is 0 Å². The molecule has 140 valence electrons. The van der Waals surface area contributed by atoms with Crippen molar-refractivity contribution in [3.63, 3.8) is 0 Å². The van der Waals surface area contributed by atoms with Gasteiger partial charge in [0.2, 0.25) is 0 Å². The van der Waals surface area contributed by atoms with Crippen LogP contribution in [-0.2, 0) is 13.1 Å². The molecular formula is C23H25NO3. The summed E-state index contributed by atoms with van der Waals surface area (Å²) in [5.41, 5.74) is 2.21. The van der Waals surface area contributed by atoms with Crippen LogP contribution in [0.1, 0.15) is 24.0 Å². The molecule has 1 N–H and O–H groups in total. The van der Waals surface area contributed by atoms with E-state index in [1.54, 1.807) is 20.3 Å². The number of ether oxygens (including phenoxy) is 2. The Morgan fingerprint density at radius 1 is 0.889 bits per heavy atom. The molecule has 4 heteroatoms. The van der Waals surface area contributed by atoms with Crippen LogP contribution in [-0.4, -0.2) is 30.3 Å². The molecule has 0 spiro atoms. The predicted octanol–water partition coefficient (Wildman–Crippen LogP) is 4.73. The van der Waals surface area contributed by atoms with Gasteiger partial charge in [-0.1, -0.05) is 24.3 Å². The van der Waals surface area contributed by atoms with Gasteiger partial charge in [0.05, 0.1) is 14.2 Å². The molecule has 1 aliphatic rings. The average Bonchev–Trinajstić information content (AvgIpc) is 3.55. The predicted molar refractivity (Wildman–Crippen MR) is 107 cm³/mol. The highest BCUT2D eigenvalue weighted by molar-refractivity contribution is 5.89. The van der Waals surface area contributed by atoms with Crippen molar-refractivity contribution in [3.05, 3.63) is 65.7 Å². The van der Waals surface area contributed by atoms with E-state index in [1.165, 1.54) is 18.4 Å². The summed E-state index contributed by atoms with van der Waals surface area (Å²) in [6, 6.07) is 18.6. The molecule has 3 aromatic rings. The molecule has 4 nitrogen and oxygen atoms in total. The highest BCUT2D eigenvalue weighted by Crippen LogP contribution is 2.35. The first-order chi connectivity index (χ1) is 13.2. The maximum Gasteiger partial charge on any atom is 0.120 e. The first-order valence-electron chi connectivity index (χ1n) is 9.33. The smallest absolute Gasteiger partial charge is 0.120 e. The molecule has 0 amide bonds. The largest absolute Gasteiger partial charge is 0.508 e. The van der Waals surface area contributed by atoms with Crippen molar-refractivity contribution in [1.29, 1.82) is 0 Å². The lowest BCUT2D eigenvalue weighted by Gasteiger charge is -2.24. The van der Waals surface area contributed by atoms with Crippen molar-refractivity contribution in [2.45, 2.75) is 32.0 Å². The summed E-state index contributed by atoms with van der Waals surface area (Å²) in [6.45, 7) is 1.57. The van der Waals surface area contributed by atoms with E-state index < -0.39 is 0 Å². The number of benzene rings is 3. The summed E-state index contributed by atoms with van der Waals surface area (Å²) in [7, 11) is 3.35. The number of methoxy groups -OCH3 is 2. The Bertz CT molecular complexity index is 932. The molecule has 0 saturated heterocycles. The minimum Gasteiger partial charge on any atom is -0.508 e. The average molecular weight is 363 g/mol. The number of hydrogen-bond donors (Lipinski definition) is 1. The molecule has 3 aromatic carbocycles. The van der Waals surface area contributed by atoms with Crippen LogP contribution >= 0.6 is 0 Å². The summed E-state index contributed by atoms with van der Waals surface area (Å²) in [5, 5.41) is 12.7. The summed E-state index contributed by atoms with van der Waals surface area (Å²) in [4.78, 5) is 2.45. The number of aromatic hydroxyl groups is 1. The molecule has 1 aliphatic carbocycles. The Hall–Kier alpha value is -2.72. The Morgan fingerprint density at radius 3 is 2.22 bits per heavy atom. The molecule has 0 aromatic heterocycles. The van der Waals surface area contributed by atoms with Gasteiger partial charge in [-0.05, 0) is 59.5 Å². The van der Waals surface area contributed by atoms with E-state index in [2.05, 4.69) is 17.0 Å². The lowest BCUT2D eigenvalue weighted by Crippen LogP contribution is -2.25. The van der Waals surface area contributed by atoms with E-state index in [4.69, 9.17) is 9.47 Å². The zero-order valence-electron chi connectivity index (χ0n) is 15.8. The van der Waals surface area contributed by atoms with Gasteiger partial charge in [-0.3, -0.25) is 4.90 Å². The number of rotatable bonds is 7. The molecule has 1 saturated carbocycles. The Labute approximate surface area is 160 Å². The molecule has 27 heavy (non-hydrogen) atoms. The quantitative estimate of drug-likeness (QED) is 0.659. The van der Waals surface area contributed by atoms with Crippen LogP contribution in [0.15, 0.2) is 54.6 Å². The van der Waals surface area contributed by atoms with Crippen LogP contribution < -0.4 is 9.47 Å². The highest BCUT2D eigenvalue weighted by atomic mass is 16.5. The topological polar surface area (TPSA) is 41.9 Å². The molecule has 0 heterocycles. The third-order valence-electron chi connectivity index (χ3n) is 5.28. The van der Waals surface area contributed by atoms with E-state index in [9.17, 15) is 5.11 Å². The summed E-state index contributed by atoms with van der Waals surface area (Å²) in [6.07, 6.45) is 2.43. The molecule has 0 radical (unpaired) electrons. The summed E-state index contributed by atoms with van der Waals surface area (Å²) in [5.74, 6) is 2.02. The normalized spacial score (nSPS) is 13.9. The minimum atomic E-state index is 0.344. The van der Waals surface area contributed by atoms with E-state index in [-0.39, 0.29) is 0 Å². The second-order valence-electron chi connectivity index (χ2n) is 7.13. The zero-order valence-corrected chi connectivity index (χ0v) is 15.8. The molecule has 0 unspecified atom stereocenters. The van der Waals surface area contributed by atoms with Crippen LogP contribution in [0.2, 0.25) is 0 Å². The monoisotopic (exact) mass is 363 g/mol. The van der Waals surface area contributed by atoms with Crippen LogP contribution in [0.5, 0.6) is 17.2 Å². The number of phenolic OH excluding ortho intramolecular Hbond substituents is 1. The summed E-state index contributed by atoms with van der Waals surface area (Å²) < 4.78 is 10.6. The van der Waals surface area contributed by atoms with Gasteiger partial charge in [-0.2, -0.15) is 0 Å². The van der Waals surface area contributed by atoms with E-state index in [0.717, 1.165) is 34.4 Å². The lowest BCUT2D eigenvalue weighted by atomic mass is 10.0. The fourth-order valence-corrected chi connectivity index (χ4v) is 3.56. The second kappa shape index (κ2) is 7.49. The van der Waals surface area contributed by atoms with Gasteiger partial charge < -0.3 is 14.6 Å². The van der Waals surface area contributed by atoms with Crippen LogP contribution in [0.3, 0.4) is 0 Å². The van der Waals surface area contributed by atoms with Crippen molar-refractivity contribution < 1.29 is 14.6 Å². The fraction of sp³-hybridized carbons (Fsp3) is 0.304. The molecular weight excluding hydrogens is 338 g/mol. The minimum absolute atomic E-state index is 0.344. The highest BCUT2D eigenvalue weighted by Gasteiger charge is 2.30. The number of hydrogen-bond acceptors (Lipinski definition) is 4. The van der Waals surface area contributed by atoms with E-state index >= 15 is 0 Å². The second-order valence-corrected chi connectivity index (χ2v) is 7.13. The van der Waals surface area contributed by atoms with E-state index in [1.807, 2.05) is 36.4 Å². The Morgan fingerprint density at radius 2 is 1.56 bits per heavy atom.